The molecule has 0 fully saturated rings. The number of ether oxygens (including phenoxy) is 1. The molecule has 0 aliphatic carbocycles. The zero-order valence-electron chi connectivity index (χ0n) is 11.8. The van der Waals surface area contributed by atoms with Crippen LogP contribution in [0, 0.1) is 0 Å². The fourth-order valence-corrected chi connectivity index (χ4v) is 1.84. The van der Waals surface area contributed by atoms with Crippen LogP contribution < -0.4 is 5.32 Å². The first-order valence-corrected chi connectivity index (χ1v) is 6.74. The quantitative estimate of drug-likeness (QED) is 0.741. The van der Waals surface area contributed by atoms with Crippen molar-refractivity contribution in [3.8, 4) is 0 Å². The Morgan fingerprint density at radius 2 is 2.24 bits per heavy atom. The van der Waals surface area contributed by atoms with Crippen molar-refractivity contribution >= 4 is 11.7 Å². The van der Waals surface area contributed by atoms with Gasteiger partial charge in [-0.3, -0.25) is 0 Å². The molecule has 2 aromatic rings. The van der Waals surface area contributed by atoms with E-state index in [2.05, 4.69) is 15.6 Å². The van der Waals surface area contributed by atoms with E-state index in [0.717, 1.165) is 5.69 Å². The summed E-state index contributed by atoms with van der Waals surface area (Å²) in [6, 6.07) is 7.15. The van der Waals surface area contributed by atoms with Crippen LogP contribution in [-0.2, 0) is 17.8 Å². The zero-order valence-corrected chi connectivity index (χ0v) is 11.8. The highest BCUT2D eigenvalue weighted by atomic mass is 16.5. The van der Waals surface area contributed by atoms with Gasteiger partial charge in [-0.1, -0.05) is 17.3 Å². The maximum absolute atomic E-state index is 11.8. The maximum Gasteiger partial charge on any atom is 0.340 e. The van der Waals surface area contributed by atoms with E-state index in [4.69, 9.17) is 9.84 Å². The number of aliphatic hydroxyl groups is 1. The molecule has 7 heteroatoms. The van der Waals surface area contributed by atoms with Crippen LogP contribution in [0.5, 0.6) is 0 Å². The van der Waals surface area contributed by atoms with Crippen molar-refractivity contribution in [1.82, 2.24) is 15.0 Å². The molecule has 2 rings (SSSR count). The van der Waals surface area contributed by atoms with Crippen LogP contribution in [0.25, 0.3) is 0 Å². The summed E-state index contributed by atoms with van der Waals surface area (Å²) in [5.41, 5.74) is 1.90. The lowest BCUT2D eigenvalue weighted by atomic mass is 10.2. The van der Waals surface area contributed by atoms with E-state index < -0.39 is 0 Å². The number of carbonyl (C=O) groups excluding carboxylic acids is 1. The van der Waals surface area contributed by atoms with Gasteiger partial charge in [0.05, 0.1) is 38.1 Å². The standard InChI is InChI=1S/C14H18N4O3/c1-2-21-14(20)12-5-3-4-6-13(12)15-9-11-10-18(7-8-19)17-16-11/h3-6,10,15,19H,2,7-9H2,1H3. The van der Waals surface area contributed by atoms with Gasteiger partial charge in [0, 0.05) is 5.69 Å². The summed E-state index contributed by atoms with van der Waals surface area (Å²) in [4.78, 5) is 11.8. The molecule has 0 aliphatic rings. The van der Waals surface area contributed by atoms with Crippen LogP contribution in [0.15, 0.2) is 30.5 Å². The fraction of sp³-hybridized carbons (Fsp3) is 0.357. The molecular weight excluding hydrogens is 272 g/mol. The number of nitrogens with zero attached hydrogens (tertiary/aromatic N) is 3. The molecule has 1 aromatic heterocycles. The summed E-state index contributed by atoms with van der Waals surface area (Å²) in [5.74, 6) is -0.357. The Morgan fingerprint density at radius 1 is 1.43 bits per heavy atom. The Morgan fingerprint density at radius 3 is 3.00 bits per heavy atom. The van der Waals surface area contributed by atoms with Crippen molar-refractivity contribution in [3.05, 3.63) is 41.7 Å². The summed E-state index contributed by atoms with van der Waals surface area (Å²) in [7, 11) is 0. The molecule has 0 radical (unpaired) electrons. The van der Waals surface area contributed by atoms with Crippen LogP contribution in [0.2, 0.25) is 0 Å². The van der Waals surface area contributed by atoms with Crippen molar-refractivity contribution in [2.24, 2.45) is 0 Å². The summed E-state index contributed by atoms with van der Waals surface area (Å²) >= 11 is 0. The lowest BCUT2D eigenvalue weighted by Crippen LogP contribution is -2.09. The van der Waals surface area contributed by atoms with Crippen LogP contribution in [0.3, 0.4) is 0 Å². The summed E-state index contributed by atoms with van der Waals surface area (Å²) in [5, 5.41) is 19.8. The SMILES string of the molecule is CCOC(=O)c1ccccc1NCc1cn(CCO)nn1. The van der Waals surface area contributed by atoms with Gasteiger partial charge in [0.2, 0.25) is 0 Å². The predicted octanol–water partition coefficient (Wildman–Crippen LogP) is 1.06. The normalized spacial score (nSPS) is 10.4. The Bertz CT molecular complexity index is 597. The highest BCUT2D eigenvalue weighted by molar-refractivity contribution is 5.95. The van der Waals surface area contributed by atoms with Crippen LogP contribution >= 0.6 is 0 Å². The molecule has 0 aliphatic heterocycles. The first kappa shape index (κ1) is 15.0. The van der Waals surface area contributed by atoms with Crippen molar-refractivity contribution in [1.29, 1.82) is 0 Å². The minimum absolute atomic E-state index is 0.0158. The molecule has 0 bridgehead atoms. The third-order valence-electron chi connectivity index (χ3n) is 2.80. The zero-order chi connectivity index (χ0) is 15.1. The summed E-state index contributed by atoms with van der Waals surface area (Å²) in [6.45, 7) is 2.96. The summed E-state index contributed by atoms with van der Waals surface area (Å²) < 4.78 is 6.58. The maximum atomic E-state index is 11.8. The minimum atomic E-state index is -0.357. The molecule has 112 valence electrons. The highest BCUT2D eigenvalue weighted by Crippen LogP contribution is 2.16. The number of benzene rings is 1. The molecular formula is C14H18N4O3. The monoisotopic (exact) mass is 290 g/mol. The predicted molar refractivity (Wildman–Crippen MR) is 76.8 cm³/mol. The average Bonchev–Trinajstić information content (AvgIpc) is 2.94. The third-order valence-corrected chi connectivity index (χ3v) is 2.80. The van der Waals surface area contributed by atoms with E-state index in [1.165, 1.54) is 0 Å². The largest absolute Gasteiger partial charge is 0.462 e. The lowest BCUT2D eigenvalue weighted by Gasteiger charge is -2.09. The van der Waals surface area contributed by atoms with Gasteiger partial charge in [-0.15, -0.1) is 5.10 Å². The minimum Gasteiger partial charge on any atom is -0.462 e. The van der Waals surface area contributed by atoms with Crippen LogP contribution in [-0.4, -0.2) is 39.3 Å². The van der Waals surface area contributed by atoms with Crippen LogP contribution in [0.1, 0.15) is 23.0 Å². The lowest BCUT2D eigenvalue weighted by molar-refractivity contribution is 0.0527. The molecule has 7 nitrogen and oxygen atoms in total. The number of aliphatic hydroxyl groups excluding tert-OH is 1. The molecule has 0 amide bonds. The van der Waals surface area contributed by atoms with Gasteiger partial charge in [0.25, 0.3) is 0 Å². The number of para-hydroxylation sites is 1. The van der Waals surface area contributed by atoms with Crippen molar-refractivity contribution in [3.63, 3.8) is 0 Å². The van der Waals surface area contributed by atoms with Gasteiger partial charge in [0.1, 0.15) is 5.69 Å². The molecule has 2 N–H and O–H groups in total. The number of hydrogen-bond donors (Lipinski definition) is 2. The second-order valence-corrected chi connectivity index (χ2v) is 4.32. The van der Waals surface area contributed by atoms with Crippen molar-refractivity contribution < 1.29 is 14.6 Å². The number of anilines is 1. The van der Waals surface area contributed by atoms with E-state index in [-0.39, 0.29) is 12.6 Å². The van der Waals surface area contributed by atoms with E-state index >= 15 is 0 Å². The van der Waals surface area contributed by atoms with E-state index in [1.54, 1.807) is 29.9 Å². The van der Waals surface area contributed by atoms with Gasteiger partial charge in [-0.25, -0.2) is 9.48 Å². The number of carbonyl (C=O) groups is 1. The number of aromatic nitrogens is 3. The van der Waals surface area contributed by atoms with Gasteiger partial charge >= 0.3 is 5.97 Å². The summed E-state index contributed by atoms with van der Waals surface area (Å²) in [6.07, 6.45) is 1.75. The molecule has 0 saturated heterocycles. The molecule has 0 unspecified atom stereocenters. The molecule has 1 aromatic carbocycles. The van der Waals surface area contributed by atoms with Crippen molar-refractivity contribution in [2.45, 2.75) is 20.0 Å². The molecule has 0 spiro atoms. The third kappa shape index (κ3) is 4.03. The Balaban J connectivity index is 2.03. The second kappa shape index (κ2) is 7.39. The smallest absolute Gasteiger partial charge is 0.340 e. The molecule has 1 heterocycles. The van der Waals surface area contributed by atoms with Gasteiger partial charge in [-0.2, -0.15) is 0 Å². The molecule has 21 heavy (non-hydrogen) atoms. The highest BCUT2D eigenvalue weighted by Gasteiger charge is 2.11. The first-order chi connectivity index (χ1) is 10.2. The number of rotatable bonds is 7. The first-order valence-electron chi connectivity index (χ1n) is 6.74. The Kier molecular flexibility index (Phi) is 5.28. The van der Waals surface area contributed by atoms with Gasteiger partial charge in [0.15, 0.2) is 0 Å². The number of hydrogen-bond acceptors (Lipinski definition) is 6. The molecule has 0 saturated carbocycles. The van der Waals surface area contributed by atoms with Crippen molar-refractivity contribution in [2.75, 3.05) is 18.5 Å². The van der Waals surface area contributed by atoms with Gasteiger partial charge in [-0.05, 0) is 19.1 Å². The second-order valence-electron chi connectivity index (χ2n) is 4.32. The number of esters is 1. The van der Waals surface area contributed by atoms with Gasteiger partial charge < -0.3 is 15.2 Å². The Labute approximate surface area is 122 Å². The number of nitrogens with one attached hydrogen (secondary N) is 1. The average molecular weight is 290 g/mol. The van der Waals surface area contributed by atoms with E-state index in [9.17, 15) is 4.79 Å². The Hall–Kier alpha value is -2.41. The van der Waals surface area contributed by atoms with E-state index in [1.807, 2.05) is 12.1 Å². The van der Waals surface area contributed by atoms with Crippen LogP contribution in [0.4, 0.5) is 5.69 Å². The van der Waals surface area contributed by atoms with E-state index in [0.29, 0.717) is 30.9 Å². The topological polar surface area (TPSA) is 89.3 Å². The fourth-order valence-electron chi connectivity index (χ4n) is 1.84. The molecule has 0 atom stereocenters.